The Labute approximate surface area is 123 Å². The van der Waals surface area contributed by atoms with Crippen LogP contribution in [0.3, 0.4) is 0 Å². The fraction of sp³-hybridized carbons (Fsp3) is 0.625. The SMILES string of the molecule is Cc1cc(C(C)(C)C)cc(C(C)(C)C)c1C[PH](O)(O)O. The zero-order valence-electron chi connectivity index (χ0n) is 13.7. The first-order chi connectivity index (χ1) is 8.72. The van der Waals surface area contributed by atoms with Gasteiger partial charge in [0.05, 0.1) is 0 Å². The molecule has 20 heavy (non-hydrogen) atoms. The average molecular weight is 300 g/mol. The number of hydrogen-bond donors (Lipinski definition) is 3. The predicted molar refractivity (Wildman–Crippen MR) is 87.3 cm³/mol. The molecule has 0 bridgehead atoms. The van der Waals surface area contributed by atoms with Crippen LogP contribution in [0.25, 0.3) is 0 Å². The van der Waals surface area contributed by atoms with Crippen molar-refractivity contribution in [2.24, 2.45) is 0 Å². The van der Waals surface area contributed by atoms with E-state index >= 15 is 0 Å². The Morgan fingerprint density at radius 1 is 0.900 bits per heavy atom. The van der Waals surface area contributed by atoms with Crippen molar-refractivity contribution in [3.8, 4) is 0 Å². The second-order valence-corrected chi connectivity index (χ2v) is 9.67. The maximum absolute atomic E-state index is 9.46. The van der Waals surface area contributed by atoms with Gasteiger partial charge in [-0.15, -0.1) is 0 Å². The molecule has 1 aromatic carbocycles. The topological polar surface area (TPSA) is 60.7 Å². The van der Waals surface area contributed by atoms with Crippen LogP contribution in [0.15, 0.2) is 12.1 Å². The maximum atomic E-state index is 9.46. The van der Waals surface area contributed by atoms with Crippen LogP contribution < -0.4 is 0 Å². The molecule has 0 radical (unpaired) electrons. The standard InChI is InChI=1S/C16H29O3P/c1-11-8-12(15(2,3)4)9-14(16(5,6)7)13(11)10-20(17,18)19/h8-9,17-20H,10H2,1-7H3. The fourth-order valence-electron chi connectivity index (χ4n) is 2.39. The van der Waals surface area contributed by atoms with E-state index in [1.54, 1.807) is 0 Å². The molecule has 0 unspecified atom stereocenters. The summed E-state index contributed by atoms with van der Waals surface area (Å²) < 4.78 is 0. The first-order valence-corrected chi connectivity index (χ1v) is 9.08. The molecule has 0 aliphatic heterocycles. The van der Waals surface area contributed by atoms with E-state index in [0.29, 0.717) is 0 Å². The van der Waals surface area contributed by atoms with E-state index < -0.39 is 7.94 Å². The van der Waals surface area contributed by atoms with Gasteiger partial charge in [0.25, 0.3) is 0 Å². The van der Waals surface area contributed by atoms with Crippen molar-refractivity contribution in [2.75, 3.05) is 0 Å². The van der Waals surface area contributed by atoms with Crippen LogP contribution in [0.1, 0.15) is 63.8 Å². The zero-order chi connectivity index (χ0) is 15.9. The van der Waals surface area contributed by atoms with Crippen LogP contribution in [0.4, 0.5) is 0 Å². The quantitative estimate of drug-likeness (QED) is 0.732. The monoisotopic (exact) mass is 300 g/mol. The minimum absolute atomic E-state index is 0.0372. The fourth-order valence-corrected chi connectivity index (χ4v) is 3.33. The summed E-state index contributed by atoms with van der Waals surface area (Å²) in [6.45, 7) is 14.8. The molecule has 0 saturated carbocycles. The summed E-state index contributed by atoms with van der Waals surface area (Å²) in [6, 6.07) is 4.23. The van der Waals surface area contributed by atoms with Crippen LogP contribution in [0, 0.1) is 6.92 Å². The summed E-state index contributed by atoms with van der Waals surface area (Å²) in [6.07, 6.45) is -0.0458. The van der Waals surface area contributed by atoms with Crippen molar-refractivity contribution in [3.05, 3.63) is 34.4 Å². The van der Waals surface area contributed by atoms with Crippen molar-refractivity contribution < 1.29 is 14.7 Å². The number of hydrogen-bond acceptors (Lipinski definition) is 3. The molecule has 0 atom stereocenters. The van der Waals surface area contributed by atoms with Crippen LogP contribution in [0.5, 0.6) is 0 Å². The van der Waals surface area contributed by atoms with Crippen LogP contribution in [0.2, 0.25) is 0 Å². The van der Waals surface area contributed by atoms with E-state index in [-0.39, 0.29) is 17.0 Å². The summed E-state index contributed by atoms with van der Waals surface area (Å²) in [7, 11) is -4.10. The third-order valence-corrected chi connectivity index (χ3v) is 4.39. The van der Waals surface area contributed by atoms with E-state index in [2.05, 4.69) is 53.7 Å². The molecule has 3 N–H and O–H groups in total. The normalized spacial score (nSPS) is 14.5. The summed E-state index contributed by atoms with van der Waals surface area (Å²) in [5, 5.41) is 0. The molecule has 0 aliphatic carbocycles. The van der Waals surface area contributed by atoms with E-state index in [1.807, 2.05) is 6.92 Å². The summed E-state index contributed by atoms with van der Waals surface area (Å²) in [5.41, 5.74) is 4.11. The van der Waals surface area contributed by atoms with Crippen molar-refractivity contribution in [1.82, 2.24) is 0 Å². The van der Waals surface area contributed by atoms with Gasteiger partial charge in [-0.2, -0.15) is 0 Å². The summed E-state index contributed by atoms with van der Waals surface area (Å²) in [5.74, 6) is 0. The van der Waals surface area contributed by atoms with Gasteiger partial charge in [0.1, 0.15) is 0 Å². The van der Waals surface area contributed by atoms with Gasteiger partial charge >= 0.3 is 122 Å². The van der Waals surface area contributed by atoms with Crippen LogP contribution in [-0.4, -0.2) is 14.7 Å². The van der Waals surface area contributed by atoms with Gasteiger partial charge in [0.15, 0.2) is 0 Å². The van der Waals surface area contributed by atoms with Gasteiger partial charge in [-0.25, -0.2) is 0 Å². The Bertz CT molecular complexity index is 488. The summed E-state index contributed by atoms with van der Waals surface area (Å²) in [4.78, 5) is 28.4. The van der Waals surface area contributed by atoms with Crippen molar-refractivity contribution in [1.29, 1.82) is 0 Å². The van der Waals surface area contributed by atoms with Crippen molar-refractivity contribution in [3.63, 3.8) is 0 Å². The zero-order valence-corrected chi connectivity index (χ0v) is 14.7. The number of benzene rings is 1. The van der Waals surface area contributed by atoms with Gasteiger partial charge in [-0.05, 0) is 0 Å². The van der Waals surface area contributed by atoms with Crippen LogP contribution in [-0.2, 0) is 17.0 Å². The van der Waals surface area contributed by atoms with Gasteiger partial charge in [0.2, 0.25) is 0 Å². The van der Waals surface area contributed by atoms with E-state index in [4.69, 9.17) is 0 Å². The molecule has 1 aromatic rings. The molecule has 1 rings (SSSR count). The van der Waals surface area contributed by atoms with Gasteiger partial charge < -0.3 is 0 Å². The molecular formula is C16H29O3P. The number of rotatable bonds is 2. The van der Waals surface area contributed by atoms with Gasteiger partial charge in [0, 0.05) is 0 Å². The van der Waals surface area contributed by atoms with E-state index in [0.717, 1.165) is 16.7 Å². The molecule has 0 spiro atoms. The minimum atomic E-state index is -4.10. The van der Waals surface area contributed by atoms with Crippen LogP contribution >= 0.6 is 7.94 Å². The molecule has 0 fully saturated rings. The average Bonchev–Trinajstić information content (AvgIpc) is 2.15. The predicted octanol–water partition coefficient (Wildman–Crippen LogP) is 3.56. The molecule has 0 heterocycles. The Morgan fingerprint density at radius 2 is 1.40 bits per heavy atom. The molecule has 0 amide bonds. The molecule has 0 aliphatic rings. The number of aryl methyl sites for hydroxylation is 1. The molecule has 3 nitrogen and oxygen atoms in total. The van der Waals surface area contributed by atoms with Crippen molar-refractivity contribution in [2.45, 2.75) is 65.5 Å². The second-order valence-electron chi connectivity index (χ2n) is 7.77. The Kier molecular flexibility index (Phi) is 4.73. The first kappa shape index (κ1) is 17.6. The molecule has 0 aromatic heterocycles. The second kappa shape index (κ2) is 5.38. The third-order valence-electron chi connectivity index (χ3n) is 3.56. The third kappa shape index (κ3) is 4.53. The Morgan fingerprint density at radius 3 is 1.75 bits per heavy atom. The molecule has 116 valence electrons. The molecule has 4 heteroatoms. The van der Waals surface area contributed by atoms with E-state index in [1.165, 1.54) is 5.56 Å². The summed E-state index contributed by atoms with van der Waals surface area (Å²) >= 11 is 0. The molecule has 0 saturated heterocycles. The Hall–Kier alpha value is -0.470. The van der Waals surface area contributed by atoms with Gasteiger partial charge in [-0.3, -0.25) is 0 Å². The Balaban J connectivity index is 3.52. The first-order valence-electron chi connectivity index (χ1n) is 7.03. The van der Waals surface area contributed by atoms with Crippen molar-refractivity contribution >= 4 is 7.94 Å². The van der Waals surface area contributed by atoms with E-state index in [9.17, 15) is 14.7 Å². The molecular weight excluding hydrogens is 271 g/mol. The van der Waals surface area contributed by atoms with Gasteiger partial charge in [-0.1, -0.05) is 0 Å².